The van der Waals surface area contributed by atoms with Crippen LogP contribution in [0.1, 0.15) is 32.6 Å². The van der Waals surface area contributed by atoms with E-state index in [0.717, 1.165) is 25.7 Å². The number of carbonyl (C=O) groups excluding carboxylic acids is 1. The molecule has 0 aromatic carbocycles. The van der Waals surface area contributed by atoms with Crippen LogP contribution >= 0.6 is 0 Å². The van der Waals surface area contributed by atoms with Gasteiger partial charge in [-0.1, -0.05) is 0 Å². The molecule has 2 N–H and O–H groups in total. The minimum Gasteiger partial charge on any atom is -0.372 e. The third-order valence-electron chi connectivity index (χ3n) is 6.79. The van der Waals surface area contributed by atoms with Crippen LogP contribution in [-0.2, 0) is 24.4 Å². The van der Waals surface area contributed by atoms with Crippen LogP contribution in [0.2, 0.25) is 0 Å². The number of ether oxygens (including phenoxy) is 2. The van der Waals surface area contributed by atoms with Gasteiger partial charge in [-0.25, -0.2) is 0 Å². The van der Waals surface area contributed by atoms with Gasteiger partial charge in [0.05, 0.1) is 18.8 Å². The molecular formula is C16H23F2NO6S. The van der Waals surface area contributed by atoms with Crippen molar-refractivity contribution in [1.82, 2.24) is 5.32 Å². The van der Waals surface area contributed by atoms with Crippen molar-refractivity contribution in [2.75, 3.05) is 13.2 Å². The summed E-state index contributed by atoms with van der Waals surface area (Å²) in [7, 11) is -5.81. The SMILES string of the molecule is CC1(OCC2CO2)C2CC3CC(C2)C(NC(=O)C(F)(F)S(=O)(=O)O)C1C3. The van der Waals surface area contributed by atoms with Crippen LogP contribution < -0.4 is 5.32 Å². The number of carbonyl (C=O) groups is 1. The van der Waals surface area contributed by atoms with Gasteiger partial charge >= 0.3 is 21.3 Å². The Hall–Kier alpha value is -0.840. The summed E-state index contributed by atoms with van der Waals surface area (Å²) in [5.41, 5.74) is -0.565. The van der Waals surface area contributed by atoms with Gasteiger partial charge in [0.2, 0.25) is 0 Å². The Morgan fingerprint density at radius 1 is 1.35 bits per heavy atom. The molecule has 1 amide bonds. The number of hydrogen-bond donors (Lipinski definition) is 2. The molecule has 1 heterocycles. The molecule has 4 bridgehead atoms. The first-order chi connectivity index (χ1) is 12.0. The van der Waals surface area contributed by atoms with Crippen molar-refractivity contribution in [2.45, 2.75) is 55.6 Å². The summed E-state index contributed by atoms with van der Waals surface area (Å²) in [6, 6.07) is -0.590. The third kappa shape index (κ3) is 2.85. The molecule has 5 aliphatic rings. The zero-order valence-corrected chi connectivity index (χ0v) is 15.2. The van der Waals surface area contributed by atoms with E-state index in [0.29, 0.717) is 25.0 Å². The molecule has 7 nitrogen and oxygen atoms in total. The maximum atomic E-state index is 13.7. The molecule has 26 heavy (non-hydrogen) atoms. The van der Waals surface area contributed by atoms with Gasteiger partial charge in [-0.3, -0.25) is 9.35 Å². The van der Waals surface area contributed by atoms with Crippen molar-refractivity contribution in [1.29, 1.82) is 0 Å². The number of hydrogen-bond acceptors (Lipinski definition) is 5. The Kier molecular flexibility index (Phi) is 4.15. The predicted molar refractivity (Wildman–Crippen MR) is 85.0 cm³/mol. The van der Waals surface area contributed by atoms with Gasteiger partial charge in [-0.2, -0.15) is 17.2 Å². The summed E-state index contributed by atoms with van der Waals surface area (Å²) in [4.78, 5) is 11.9. The fraction of sp³-hybridized carbons (Fsp3) is 0.938. The number of epoxide rings is 1. The van der Waals surface area contributed by atoms with Gasteiger partial charge in [0, 0.05) is 12.0 Å². The molecule has 0 aromatic rings. The minimum atomic E-state index is -5.81. The number of halogens is 2. The molecule has 10 heteroatoms. The van der Waals surface area contributed by atoms with Crippen molar-refractivity contribution in [3.63, 3.8) is 0 Å². The Bertz CT molecular complexity index is 712. The van der Waals surface area contributed by atoms with Crippen LogP contribution in [0.3, 0.4) is 0 Å². The van der Waals surface area contributed by atoms with E-state index in [1.807, 2.05) is 6.92 Å². The monoisotopic (exact) mass is 395 g/mol. The predicted octanol–water partition coefficient (Wildman–Crippen LogP) is 1.19. The Balaban J connectivity index is 1.55. The first kappa shape index (κ1) is 18.5. The fourth-order valence-electron chi connectivity index (χ4n) is 5.40. The van der Waals surface area contributed by atoms with Crippen molar-refractivity contribution in [2.24, 2.45) is 23.7 Å². The lowest BCUT2D eigenvalue weighted by Crippen LogP contribution is -2.68. The maximum Gasteiger partial charge on any atom is 0.446 e. The van der Waals surface area contributed by atoms with Crippen molar-refractivity contribution < 1.29 is 36.0 Å². The third-order valence-corrected chi connectivity index (χ3v) is 7.62. The van der Waals surface area contributed by atoms with Crippen molar-refractivity contribution >= 4 is 16.0 Å². The molecule has 1 saturated heterocycles. The maximum absolute atomic E-state index is 13.7. The van der Waals surface area contributed by atoms with E-state index in [9.17, 15) is 22.0 Å². The zero-order valence-electron chi connectivity index (χ0n) is 14.4. The standard InChI is InChI=1S/C16H23F2NO6S/c1-15(25-7-11-6-24-11)10-3-8-2-9(5-10)13(12(15)4-8)19-14(20)16(17,18)26(21,22)23/h8-13H,2-7H2,1H3,(H,19,20)(H,21,22,23). The number of amides is 1. The summed E-state index contributed by atoms with van der Waals surface area (Å²) >= 11 is 0. The molecule has 0 aromatic heterocycles. The van der Waals surface area contributed by atoms with E-state index in [4.69, 9.17) is 14.0 Å². The van der Waals surface area contributed by atoms with Crippen molar-refractivity contribution in [3.05, 3.63) is 0 Å². The second-order valence-electron chi connectivity index (χ2n) is 8.31. The van der Waals surface area contributed by atoms with Gasteiger partial charge < -0.3 is 14.8 Å². The van der Waals surface area contributed by atoms with E-state index < -0.39 is 32.9 Å². The van der Waals surface area contributed by atoms with Crippen LogP contribution in [0, 0.1) is 23.7 Å². The summed E-state index contributed by atoms with van der Waals surface area (Å²) < 4.78 is 69.1. The number of rotatable bonds is 6. The minimum absolute atomic E-state index is 0.0208. The van der Waals surface area contributed by atoms with E-state index in [2.05, 4.69) is 5.32 Å². The molecule has 0 spiro atoms. The summed E-state index contributed by atoms with van der Waals surface area (Å²) in [5, 5.41) is -2.63. The topological polar surface area (TPSA) is 105 Å². The van der Waals surface area contributed by atoms with Crippen LogP contribution in [-0.4, -0.2) is 55.1 Å². The largest absolute Gasteiger partial charge is 0.446 e. The lowest BCUT2D eigenvalue weighted by Gasteiger charge is -2.62. The van der Waals surface area contributed by atoms with Gasteiger partial charge in [0.15, 0.2) is 0 Å². The lowest BCUT2D eigenvalue weighted by atomic mass is 9.48. The van der Waals surface area contributed by atoms with Gasteiger partial charge in [-0.15, -0.1) is 0 Å². The molecule has 148 valence electrons. The number of alkyl halides is 2. The van der Waals surface area contributed by atoms with E-state index in [1.165, 1.54) is 0 Å². The van der Waals surface area contributed by atoms with Crippen molar-refractivity contribution in [3.8, 4) is 0 Å². The van der Waals surface area contributed by atoms with E-state index in [1.54, 1.807) is 0 Å². The normalized spacial score (nSPS) is 44.2. The summed E-state index contributed by atoms with van der Waals surface area (Å²) in [5.74, 6) is -1.34. The average molecular weight is 395 g/mol. The van der Waals surface area contributed by atoms with Crippen LogP contribution in [0.25, 0.3) is 0 Å². The molecule has 5 fully saturated rings. The first-order valence-corrected chi connectivity index (χ1v) is 10.4. The Morgan fingerprint density at radius 2 is 2.04 bits per heavy atom. The van der Waals surface area contributed by atoms with E-state index >= 15 is 0 Å². The van der Waals surface area contributed by atoms with Crippen LogP contribution in [0.15, 0.2) is 0 Å². The van der Waals surface area contributed by atoms with Crippen LogP contribution in [0.4, 0.5) is 8.78 Å². The second-order valence-corrected chi connectivity index (χ2v) is 9.78. The smallest absolute Gasteiger partial charge is 0.372 e. The molecule has 7 unspecified atom stereocenters. The fourth-order valence-corrected chi connectivity index (χ4v) is 5.69. The lowest BCUT2D eigenvalue weighted by molar-refractivity contribution is -0.208. The molecular weight excluding hydrogens is 372 g/mol. The summed E-state index contributed by atoms with van der Waals surface area (Å²) in [6.45, 7) is 3.04. The van der Waals surface area contributed by atoms with Crippen LogP contribution in [0.5, 0.6) is 0 Å². The summed E-state index contributed by atoms with van der Waals surface area (Å²) in [6.07, 6.45) is 3.42. The van der Waals surface area contributed by atoms with E-state index in [-0.39, 0.29) is 17.9 Å². The average Bonchev–Trinajstić information content (AvgIpc) is 3.36. The van der Waals surface area contributed by atoms with Gasteiger partial charge in [0.1, 0.15) is 6.10 Å². The second kappa shape index (κ2) is 5.83. The molecule has 5 rings (SSSR count). The highest BCUT2D eigenvalue weighted by molar-refractivity contribution is 7.87. The first-order valence-electron chi connectivity index (χ1n) is 8.93. The Labute approximate surface area is 150 Å². The Morgan fingerprint density at radius 3 is 2.65 bits per heavy atom. The molecule has 7 atom stereocenters. The molecule has 4 saturated carbocycles. The highest BCUT2D eigenvalue weighted by Crippen LogP contribution is 2.59. The quantitative estimate of drug-likeness (QED) is 0.517. The molecule has 1 aliphatic heterocycles. The zero-order chi connectivity index (χ0) is 18.9. The number of nitrogens with one attached hydrogen (secondary N) is 1. The molecule has 4 aliphatic carbocycles. The molecule has 0 radical (unpaired) electrons. The highest BCUT2D eigenvalue weighted by atomic mass is 32.2. The van der Waals surface area contributed by atoms with Gasteiger partial charge in [0.25, 0.3) is 0 Å². The highest BCUT2D eigenvalue weighted by Gasteiger charge is 2.62. The van der Waals surface area contributed by atoms with Gasteiger partial charge in [-0.05, 0) is 50.4 Å².